The molecule has 0 saturated heterocycles. The van der Waals surface area contributed by atoms with Gasteiger partial charge in [-0.25, -0.2) is 4.98 Å². The number of carbonyl (C=O) groups excluding carboxylic acids is 1. The van der Waals surface area contributed by atoms with E-state index in [1.807, 2.05) is 71.4 Å². The van der Waals surface area contributed by atoms with Crippen LogP contribution in [0.25, 0.3) is 16.7 Å². The highest BCUT2D eigenvalue weighted by molar-refractivity contribution is 5.94. The molecule has 0 radical (unpaired) electrons. The predicted molar refractivity (Wildman–Crippen MR) is 148 cm³/mol. The number of para-hydroxylation sites is 1. The van der Waals surface area contributed by atoms with Crippen molar-refractivity contribution in [2.24, 2.45) is 23.5 Å². The first-order chi connectivity index (χ1) is 18.5. The number of carbonyl (C=O) groups is 1. The van der Waals surface area contributed by atoms with E-state index in [2.05, 4.69) is 10.3 Å². The van der Waals surface area contributed by atoms with E-state index in [4.69, 9.17) is 5.73 Å². The highest BCUT2D eigenvalue weighted by atomic mass is 16.1. The second-order valence-electron chi connectivity index (χ2n) is 11.8. The minimum Gasteiger partial charge on any atom is -0.349 e. The Morgan fingerprint density at radius 2 is 1.71 bits per heavy atom. The zero-order valence-electron chi connectivity index (χ0n) is 21.3. The summed E-state index contributed by atoms with van der Waals surface area (Å²) in [6.07, 6.45) is 9.70. The van der Waals surface area contributed by atoms with Gasteiger partial charge in [0.05, 0.1) is 5.39 Å². The topological polar surface area (TPSA) is 90.0 Å². The normalized spacial score (nSPS) is 27.5. The molecule has 4 bridgehead atoms. The molecule has 6 nitrogen and oxygen atoms in total. The van der Waals surface area contributed by atoms with E-state index in [0.717, 1.165) is 36.4 Å². The van der Waals surface area contributed by atoms with Gasteiger partial charge in [0.1, 0.15) is 5.65 Å². The molecule has 4 aromatic rings. The van der Waals surface area contributed by atoms with E-state index in [-0.39, 0.29) is 22.9 Å². The fourth-order valence-corrected chi connectivity index (χ4v) is 7.68. The standard InChI is InChI=1S/C32H32N4O2/c33-32-16-21-14-23(17-32)28(24(15-21)18-32)35-31(38)22-10-8-20(9-11-22)13-25-19-36(26-5-2-1-3-6-26)30-27(29(25)37)7-4-12-34-30/h1-12,19,21,23-24,28H,13-18,33H2,(H,35,38)/t21-,23-,24+,28+,32-. The van der Waals surface area contributed by atoms with Gasteiger partial charge in [-0.1, -0.05) is 30.3 Å². The minimum absolute atomic E-state index is 0.00270. The van der Waals surface area contributed by atoms with E-state index in [0.29, 0.717) is 40.4 Å². The molecule has 4 fully saturated rings. The lowest BCUT2D eigenvalue weighted by Gasteiger charge is -2.58. The van der Waals surface area contributed by atoms with E-state index in [1.165, 1.54) is 12.8 Å². The molecule has 38 heavy (non-hydrogen) atoms. The van der Waals surface area contributed by atoms with Crippen LogP contribution >= 0.6 is 0 Å². The molecule has 4 aliphatic carbocycles. The number of aromatic nitrogens is 2. The molecule has 0 aliphatic heterocycles. The second kappa shape index (κ2) is 8.91. The molecule has 2 heterocycles. The van der Waals surface area contributed by atoms with Crippen molar-refractivity contribution in [3.63, 3.8) is 0 Å². The monoisotopic (exact) mass is 504 g/mol. The lowest BCUT2D eigenvalue weighted by Crippen LogP contribution is -2.64. The van der Waals surface area contributed by atoms with E-state index < -0.39 is 0 Å². The molecule has 4 aliphatic rings. The minimum atomic E-state index is -0.0123. The summed E-state index contributed by atoms with van der Waals surface area (Å²) in [5.41, 5.74) is 10.6. The number of hydrogen-bond acceptors (Lipinski definition) is 4. The van der Waals surface area contributed by atoms with Crippen LogP contribution in [0.4, 0.5) is 0 Å². The first kappa shape index (κ1) is 23.4. The van der Waals surface area contributed by atoms with Gasteiger partial charge < -0.3 is 15.6 Å². The molecular weight excluding hydrogens is 472 g/mol. The third kappa shape index (κ3) is 4.04. The summed E-state index contributed by atoms with van der Waals surface area (Å²) in [6, 6.07) is 21.5. The number of rotatable bonds is 5. The SMILES string of the molecule is N[C@]12C[C@@H]3C[C@H](C1)[C@H](NC(=O)c1ccc(Cc4cn(-c5ccccc5)c5ncccc5c4=O)cc1)[C@@H](C3)C2. The number of hydrogen-bond donors (Lipinski definition) is 2. The smallest absolute Gasteiger partial charge is 0.251 e. The molecule has 5 atom stereocenters. The van der Waals surface area contributed by atoms with Gasteiger partial charge >= 0.3 is 0 Å². The average molecular weight is 505 g/mol. The van der Waals surface area contributed by atoms with Crippen molar-refractivity contribution in [1.29, 1.82) is 0 Å². The summed E-state index contributed by atoms with van der Waals surface area (Å²) in [5, 5.41) is 3.96. The largest absolute Gasteiger partial charge is 0.349 e. The summed E-state index contributed by atoms with van der Waals surface area (Å²) < 4.78 is 1.98. The van der Waals surface area contributed by atoms with Crippen molar-refractivity contribution < 1.29 is 4.79 Å². The van der Waals surface area contributed by atoms with Gasteiger partial charge in [0.15, 0.2) is 5.43 Å². The van der Waals surface area contributed by atoms with Crippen LogP contribution in [0.5, 0.6) is 0 Å². The number of nitrogens with zero attached hydrogens (tertiary/aromatic N) is 2. The van der Waals surface area contributed by atoms with Crippen LogP contribution in [0.3, 0.4) is 0 Å². The first-order valence-electron chi connectivity index (χ1n) is 13.7. The molecule has 8 rings (SSSR count). The van der Waals surface area contributed by atoms with Crippen molar-refractivity contribution in [2.45, 2.75) is 50.1 Å². The molecule has 3 N–H and O–H groups in total. The van der Waals surface area contributed by atoms with Crippen LogP contribution in [0.1, 0.15) is 53.6 Å². The van der Waals surface area contributed by atoms with Crippen molar-refractivity contribution in [3.05, 3.63) is 106 Å². The zero-order chi connectivity index (χ0) is 25.9. The number of nitrogens with two attached hydrogens (primary N) is 1. The van der Waals surface area contributed by atoms with Crippen LogP contribution in [-0.2, 0) is 6.42 Å². The van der Waals surface area contributed by atoms with Gasteiger partial charge in [-0.05, 0) is 91.8 Å². The van der Waals surface area contributed by atoms with Gasteiger partial charge in [-0.15, -0.1) is 0 Å². The molecular formula is C32H32N4O2. The third-order valence-electron chi connectivity index (χ3n) is 9.10. The first-order valence-corrected chi connectivity index (χ1v) is 13.7. The summed E-state index contributed by atoms with van der Waals surface area (Å²) >= 11 is 0. The third-order valence-corrected chi connectivity index (χ3v) is 9.10. The van der Waals surface area contributed by atoms with Crippen molar-refractivity contribution >= 4 is 16.9 Å². The summed E-state index contributed by atoms with van der Waals surface area (Å²) in [5.74, 6) is 1.73. The van der Waals surface area contributed by atoms with Crippen molar-refractivity contribution in [3.8, 4) is 5.69 Å². The Morgan fingerprint density at radius 1 is 0.974 bits per heavy atom. The molecule has 1 amide bonds. The Kier molecular flexibility index (Phi) is 5.48. The van der Waals surface area contributed by atoms with E-state index >= 15 is 0 Å². The number of pyridine rings is 2. The molecule has 4 saturated carbocycles. The van der Waals surface area contributed by atoms with Crippen LogP contribution in [0.15, 0.2) is 83.9 Å². The summed E-state index contributed by atoms with van der Waals surface area (Å²) in [4.78, 5) is 31.0. The second-order valence-corrected chi connectivity index (χ2v) is 11.8. The molecule has 0 spiro atoms. The number of benzene rings is 2. The quantitative estimate of drug-likeness (QED) is 0.415. The predicted octanol–water partition coefficient (Wildman–Crippen LogP) is 4.61. The van der Waals surface area contributed by atoms with E-state index in [9.17, 15) is 9.59 Å². The highest BCUT2D eigenvalue weighted by Gasteiger charge is 2.54. The van der Waals surface area contributed by atoms with Gasteiger partial charge in [-0.2, -0.15) is 0 Å². The Labute approximate surface area is 221 Å². The van der Waals surface area contributed by atoms with Crippen LogP contribution in [-0.4, -0.2) is 27.0 Å². The van der Waals surface area contributed by atoms with Crippen LogP contribution < -0.4 is 16.5 Å². The molecule has 192 valence electrons. The molecule has 0 unspecified atom stereocenters. The van der Waals surface area contributed by atoms with Crippen molar-refractivity contribution in [1.82, 2.24) is 14.9 Å². The maximum absolute atomic E-state index is 13.3. The Bertz CT molecular complexity index is 1560. The van der Waals surface area contributed by atoms with Crippen LogP contribution in [0, 0.1) is 17.8 Å². The fourth-order valence-electron chi connectivity index (χ4n) is 7.68. The Balaban J connectivity index is 1.12. The number of fused-ring (bicyclic) bond motifs is 1. The van der Waals surface area contributed by atoms with Crippen molar-refractivity contribution in [2.75, 3.05) is 0 Å². The highest BCUT2D eigenvalue weighted by Crippen LogP contribution is 2.54. The van der Waals surface area contributed by atoms with Gasteiger partial charge in [0.25, 0.3) is 5.91 Å². The lowest BCUT2D eigenvalue weighted by molar-refractivity contribution is -0.0278. The zero-order valence-corrected chi connectivity index (χ0v) is 21.3. The Hall–Kier alpha value is -3.77. The van der Waals surface area contributed by atoms with Gasteiger partial charge in [0.2, 0.25) is 0 Å². The average Bonchev–Trinajstić information content (AvgIpc) is 2.92. The molecule has 2 aromatic heterocycles. The lowest BCUT2D eigenvalue weighted by atomic mass is 9.51. The Morgan fingerprint density at radius 3 is 2.42 bits per heavy atom. The molecule has 2 aromatic carbocycles. The fraction of sp³-hybridized carbons (Fsp3) is 0.344. The number of amides is 1. The van der Waals surface area contributed by atoms with Gasteiger partial charge in [-0.3, -0.25) is 9.59 Å². The van der Waals surface area contributed by atoms with Gasteiger partial charge in [0, 0.05) is 47.2 Å². The number of nitrogens with one attached hydrogen (secondary N) is 1. The summed E-state index contributed by atoms with van der Waals surface area (Å²) in [6.45, 7) is 0. The maximum Gasteiger partial charge on any atom is 0.251 e. The van der Waals surface area contributed by atoms with Crippen LogP contribution in [0.2, 0.25) is 0 Å². The van der Waals surface area contributed by atoms with E-state index in [1.54, 1.807) is 12.3 Å². The summed E-state index contributed by atoms with van der Waals surface area (Å²) in [7, 11) is 0. The maximum atomic E-state index is 13.3. The molecule has 6 heteroatoms.